The molecule has 4 aromatic rings. The second kappa shape index (κ2) is 14.0. The highest BCUT2D eigenvalue weighted by Crippen LogP contribution is 2.53. The predicted molar refractivity (Wildman–Crippen MR) is 218 cm³/mol. The molecule has 6 heteroatoms. The molecule has 1 heterocycles. The van der Waals surface area contributed by atoms with E-state index in [-0.39, 0.29) is 16.0 Å². The first-order valence-electron chi connectivity index (χ1n) is 19.4. The molecule has 0 spiro atoms. The van der Waals surface area contributed by atoms with Gasteiger partial charge in [-0.1, -0.05) is 129 Å². The fourth-order valence-corrected chi connectivity index (χ4v) is 13.2. The summed E-state index contributed by atoms with van der Waals surface area (Å²) in [4.78, 5) is 2.39. The third-order valence-electron chi connectivity index (χ3n) is 11.9. The second-order valence-corrected chi connectivity index (χ2v) is 21.5. The van der Waals surface area contributed by atoms with Gasteiger partial charge < -0.3 is 19.8 Å². The van der Waals surface area contributed by atoms with E-state index in [9.17, 15) is 0 Å². The highest BCUT2D eigenvalue weighted by molar-refractivity contribution is 6.99. The zero-order valence-corrected chi connectivity index (χ0v) is 32.8. The van der Waals surface area contributed by atoms with Crippen LogP contribution in [0.4, 0.5) is 0 Å². The molecule has 0 unspecified atom stereocenters. The largest absolute Gasteiger partial charge is 0.490 e. The third kappa shape index (κ3) is 7.05. The minimum absolute atomic E-state index is 0.0202. The Morgan fingerprint density at radius 2 is 1.50 bits per heavy atom. The van der Waals surface area contributed by atoms with E-state index in [1.54, 1.807) is 0 Å². The molecule has 270 valence electrons. The van der Waals surface area contributed by atoms with Crippen LogP contribution in [0.15, 0.2) is 121 Å². The minimum atomic E-state index is -2.54. The Morgan fingerprint density at radius 1 is 0.846 bits per heavy atom. The van der Waals surface area contributed by atoms with Crippen LogP contribution in [-0.4, -0.2) is 38.0 Å². The van der Waals surface area contributed by atoms with Crippen LogP contribution in [0.5, 0.6) is 5.75 Å². The summed E-state index contributed by atoms with van der Waals surface area (Å²) in [5, 5.41) is 3.49. The molecular formula is C46H53ClN2O2Si. The van der Waals surface area contributed by atoms with Gasteiger partial charge in [-0.3, -0.25) is 0 Å². The van der Waals surface area contributed by atoms with Crippen LogP contribution < -0.4 is 20.8 Å². The lowest BCUT2D eigenvalue weighted by Gasteiger charge is -2.43. The molecule has 3 aliphatic carbocycles. The molecule has 3 saturated carbocycles. The van der Waals surface area contributed by atoms with Crippen molar-refractivity contribution in [3.05, 3.63) is 143 Å². The smallest absolute Gasteiger partial charge is 0.261 e. The Morgan fingerprint density at radius 3 is 2.12 bits per heavy atom. The number of para-hydroxylation sites is 1. The van der Waals surface area contributed by atoms with Gasteiger partial charge >= 0.3 is 0 Å². The molecule has 0 atom stereocenters. The van der Waals surface area contributed by atoms with Crippen LogP contribution in [0.1, 0.15) is 88.8 Å². The van der Waals surface area contributed by atoms with Crippen molar-refractivity contribution >= 4 is 35.9 Å². The van der Waals surface area contributed by atoms with Crippen molar-refractivity contribution in [2.24, 2.45) is 5.73 Å². The molecule has 0 saturated heterocycles. The number of hydrogen-bond donors (Lipinski definition) is 1. The molecule has 4 aliphatic rings. The van der Waals surface area contributed by atoms with Crippen LogP contribution in [-0.2, 0) is 16.4 Å². The highest BCUT2D eigenvalue weighted by atomic mass is 35.5. The number of nitrogens with two attached hydrogens (primary N) is 1. The monoisotopic (exact) mass is 728 g/mol. The summed E-state index contributed by atoms with van der Waals surface area (Å²) in [6.45, 7) is 9.37. The van der Waals surface area contributed by atoms with Gasteiger partial charge in [-0.05, 0) is 107 Å². The number of rotatable bonds is 14. The van der Waals surface area contributed by atoms with Gasteiger partial charge in [0, 0.05) is 42.0 Å². The van der Waals surface area contributed by atoms with E-state index in [4.69, 9.17) is 26.5 Å². The van der Waals surface area contributed by atoms with E-state index in [2.05, 4.69) is 141 Å². The molecule has 0 radical (unpaired) electrons. The lowest BCUT2D eigenvalue weighted by atomic mass is 9.88. The summed E-state index contributed by atoms with van der Waals surface area (Å²) >= 11 is 6.94. The number of halogens is 1. The zero-order chi connectivity index (χ0) is 36.0. The van der Waals surface area contributed by atoms with E-state index in [0.29, 0.717) is 6.10 Å². The maximum Gasteiger partial charge on any atom is 0.261 e. The third-order valence-corrected chi connectivity index (χ3v) is 17.3. The molecule has 0 aromatic heterocycles. The van der Waals surface area contributed by atoms with Gasteiger partial charge in [0.05, 0.1) is 6.10 Å². The van der Waals surface area contributed by atoms with Crippen molar-refractivity contribution in [3.8, 4) is 5.75 Å². The SMILES string of the molecule is CC(C)(C)[Si](OCCCC1(c2ccc(Cl)c(CN3C=C(C4(N)CC4)C(c4ccccc4OC4CC4)=CC3)c2)CC1)(c1ccccc1)c1ccccc1. The molecule has 2 N–H and O–H groups in total. The molecule has 4 nitrogen and oxygen atoms in total. The van der Waals surface area contributed by atoms with E-state index >= 15 is 0 Å². The number of benzene rings is 4. The Kier molecular flexibility index (Phi) is 9.53. The van der Waals surface area contributed by atoms with Gasteiger partial charge in [0.2, 0.25) is 0 Å². The normalized spacial score (nSPS) is 19.1. The molecule has 3 fully saturated rings. The summed E-state index contributed by atoms with van der Waals surface area (Å²) in [6.07, 6.45) is 13.9. The second-order valence-electron chi connectivity index (χ2n) is 16.8. The molecule has 0 amide bonds. The van der Waals surface area contributed by atoms with Gasteiger partial charge in [-0.25, -0.2) is 0 Å². The van der Waals surface area contributed by atoms with Gasteiger partial charge in [-0.15, -0.1) is 0 Å². The van der Waals surface area contributed by atoms with Crippen molar-refractivity contribution in [2.75, 3.05) is 13.2 Å². The summed E-state index contributed by atoms with van der Waals surface area (Å²) < 4.78 is 13.6. The van der Waals surface area contributed by atoms with Gasteiger partial charge in [0.25, 0.3) is 8.32 Å². The number of hydrogen-bond acceptors (Lipinski definition) is 4. The van der Waals surface area contributed by atoms with Crippen LogP contribution >= 0.6 is 11.6 Å². The quantitative estimate of drug-likeness (QED) is 0.104. The van der Waals surface area contributed by atoms with Crippen molar-refractivity contribution in [1.82, 2.24) is 4.90 Å². The number of ether oxygens (including phenoxy) is 1. The van der Waals surface area contributed by atoms with E-state index < -0.39 is 8.32 Å². The van der Waals surface area contributed by atoms with Gasteiger partial charge in [0.1, 0.15) is 5.75 Å². The topological polar surface area (TPSA) is 47.7 Å². The van der Waals surface area contributed by atoms with Gasteiger partial charge in [-0.2, -0.15) is 0 Å². The summed E-state index contributed by atoms with van der Waals surface area (Å²) in [7, 11) is -2.54. The average molecular weight is 729 g/mol. The van der Waals surface area contributed by atoms with E-state index in [1.807, 2.05) is 0 Å². The van der Waals surface area contributed by atoms with Crippen LogP contribution in [0.2, 0.25) is 10.1 Å². The van der Waals surface area contributed by atoms with Crippen molar-refractivity contribution in [3.63, 3.8) is 0 Å². The Bertz CT molecular complexity index is 1920. The standard InChI is InChI=1S/C46H53ClN2O2Si/c1-44(2,3)52(37-13-6-4-7-14-37,38-15-8-5-9-16-38)50-30-12-24-45(25-26-45)35-19-22-42(47)34(31-35)32-49-29-23-39(41(33-49)46(48)27-28-46)40-17-10-11-18-43(40)51-36-20-21-36/h4-11,13-19,22-23,31,33,36H,12,20-21,24-30,32,48H2,1-3H3. The molecule has 8 rings (SSSR count). The lowest BCUT2D eigenvalue weighted by Crippen LogP contribution is -2.66. The Labute approximate surface area is 316 Å². The van der Waals surface area contributed by atoms with Crippen LogP contribution in [0.25, 0.3) is 5.57 Å². The molecule has 1 aliphatic heterocycles. The first kappa shape index (κ1) is 35.4. The maximum absolute atomic E-state index is 7.26. The summed E-state index contributed by atoms with van der Waals surface area (Å²) in [5.41, 5.74) is 13.1. The summed E-state index contributed by atoms with van der Waals surface area (Å²) in [6, 6.07) is 37.2. The van der Waals surface area contributed by atoms with Crippen LogP contribution in [0, 0.1) is 0 Å². The molecular weight excluding hydrogens is 676 g/mol. The van der Waals surface area contributed by atoms with Gasteiger partial charge in [0.15, 0.2) is 0 Å². The van der Waals surface area contributed by atoms with E-state index in [0.717, 1.165) is 74.6 Å². The van der Waals surface area contributed by atoms with Crippen molar-refractivity contribution in [2.45, 2.75) is 101 Å². The first-order valence-corrected chi connectivity index (χ1v) is 21.6. The van der Waals surface area contributed by atoms with Crippen molar-refractivity contribution < 1.29 is 9.16 Å². The molecule has 0 bridgehead atoms. The zero-order valence-electron chi connectivity index (χ0n) is 31.0. The maximum atomic E-state index is 7.26. The van der Waals surface area contributed by atoms with Crippen molar-refractivity contribution in [1.29, 1.82) is 0 Å². The lowest BCUT2D eigenvalue weighted by molar-refractivity contribution is 0.282. The Balaban J connectivity index is 0.978. The fraction of sp³-hybridized carbons (Fsp3) is 0.391. The minimum Gasteiger partial charge on any atom is -0.490 e. The highest BCUT2D eigenvalue weighted by Gasteiger charge is 2.51. The predicted octanol–water partition coefficient (Wildman–Crippen LogP) is 9.54. The summed E-state index contributed by atoms with van der Waals surface area (Å²) in [5.74, 6) is 0.974. The fourth-order valence-electron chi connectivity index (χ4n) is 8.42. The molecule has 4 aromatic carbocycles. The number of nitrogens with zero attached hydrogens (tertiary/aromatic N) is 1. The molecule has 52 heavy (non-hydrogen) atoms. The van der Waals surface area contributed by atoms with E-state index in [1.165, 1.54) is 45.5 Å². The average Bonchev–Trinajstić information content (AvgIpc) is 4.04. The Hall–Kier alpha value is -3.61. The van der Waals surface area contributed by atoms with Crippen LogP contribution in [0.3, 0.4) is 0 Å². The first-order chi connectivity index (χ1) is 25.1.